The molecule has 4 heteroatoms. The number of ether oxygens (including phenoxy) is 2. The van der Waals surface area contributed by atoms with E-state index in [9.17, 15) is 4.79 Å². The number of benzene rings is 1. The lowest BCUT2D eigenvalue weighted by atomic mass is 10.0. The number of aromatic nitrogens is 1. The van der Waals surface area contributed by atoms with E-state index >= 15 is 0 Å². The van der Waals surface area contributed by atoms with Crippen LogP contribution in [-0.4, -0.2) is 25.0 Å². The van der Waals surface area contributed by atoms with E-state index < -0.39 is 0 Å². The van der Waals surface area contributed by atoms with Gasteiger partial charge >= 0.3 is 0 Å². The molecule has 0 bridgehead atoms. The highest BCUT2D eigenvalue weighted by Crippen LogP contribution is 2.28. The Balaban J connectivity index is 2.50. The number of carbonyl (C=O) groups is 1. The summed E-state index contributed by atoms with van der Waals surface area (Å²) in [6.07, 6.45) is 0. The maximum atomic E-state index is 12.7. The molecule has 20 heavy (non-hydrogen) atoms. The molecule has 2 rings (SSSR count). The fraction of sp³-hybridized carbons (Fsp3) is 0.312. The van der Waals surface area contributed by atoms with Crippen LogP contribution in [0.4, 0.5) is 0 Å². The molecule has 2 aromatic rings. The Morgan fingerprint density at radius 2 is 1.75 bits per heavy atom. The SMILES string of the molecule is COc1ccc(C(=O)c2[nH]c(C)c(C)c2C)c(OC)c1. The molecule has 0 saturated heterocycles. The summed E-state index contributed by atoms with van der Waals surface area (Å²) < 4.78 is 10.4. The Morgan fingerprint density at radius 1 is 1.05 bits per heavy atom. The standard InChI is InChI=1S/C16H19NO3/c1-9-10(2)15(17-11(9)3)16(18)13-7-6-12(19-4)8-14(13)20-5/h6-8,17H,1-5H3. The molecule has 1 N–H and O–H groups in total. The number of H-pyrrole nitrogens is 1. The lowest BCUT2D eigenvalue weighted by molar-refractivity contribution is 0.103. The number of methoxy groups -OCH3 is 2. The summed E-state index contributed by atoms with van der Waals surface area (Å²) in [6, 6.07) is 5.20. The molecule has 0 fully saturated rings. The molecule has 1 aromatic carbocycles. The van der Waals surface area contributed by atoms with Crippen molar-refractivity contribution in [2.24, 2.45) is 0 Å². The molecule has 0 radical (unpaired) electrons. The second-order valence-electron chi connectivity index (χ2n) is 4.77. The zero-order valence-corrected chi connectivity index (χ0v) is 12.5. The maximum Gasteiger partial charge on any atom is 0.213 e. The average molecular weight is 273 g/mol. The molecule has 0 amide bonds. The first-order valence-electron chi connectivity index (χ1n) is 6.42. The second kappa shape index (κ2) is 5.41. The van der Waals surface area contributed by atoms with Crippen LogP contribution in [0.1, 0.15) is 32.9 Å². The van der Waals surface area contributed by atoms with Crippen LogP contribution in [0.5, 0.6) is 11.5 Å². The summed E-state index contributed by atoms with van der Waals surface area (Å²) in [4.78, 5) is 15.8. The van der Waals surface area contributed by atoms with Gasteiger partial charge in [0, 0.05) is 11.8 Å². The minimum absolute atomic E-state index is 0.0711. The van der Waals surface area contributed by atoms with Crippen molar-refractivity contribution in [2.45, 2.75) is 20.8 Å². The molecule has 0 aliphatic carbocycles. The van der Waals surface area contributed by atoms with Crippen molar-refractivity contribution in [3.05, 3.63) is 46.3 Å². The Hall–Kier alpha value is -2.23. The van der Waals surface area contributed by atoms with Gasteiger partial charge in [-0.3, -0.25) is 4.79 Å². The van der Waals surface area contributed by atoms with Gasteiger partial charge < -0.3 is 14.5 Å². The number of rotatable bonds is 4. The number of nitrogens with one attached hydrogen (secondary N) is 1. The molecule has 0 aliphatic rings. The van der Waals surface area contributed by atoms with E-state index in [-0.39, 0.29) is 5.78 Å². The first-order chi connectivity index (χ1) is 9.49. The number of hydrogen-bond donors (Lipinski definition) is 1. The van der Waals surface area contributed by atoms with Crippen LogP contribution >= 0.6 is 0 Å². The molecule has 0 unspecified atom stereocenters. The maximum absolute atomic E-state index is 12.7. The molecular weight excluding hydrogens is 254 g/mol. The lowest BCUT2D eigenvalue weighted by Gasteiger charge is -2.09. The fourth-order valence-electron chi connectivity index (χ4n) is 2.19. The topological polar surface area (TPSA) is 51.3 Å². The minimum atomic E-state index is -0.0711. The van der Waals surface area contributed by atoms with Gasteiger partial charge in [0.15, 0.2) is 0 Å². The Labute approximate surface area is 118 Å². The zero-order valence-electron chi connectivity index (χ0n) is 12.5. The van der Waals surface area contributed by atoms with Crippen molar-refractivity contribution in [2.75, 3.05) is 14.2 Å². The van der Waals surface area contributed by atoms with Crippen molar-refractivity contribution in [1.82, 2.24) is 4.98 Å². The van der Waals surface area contributed by atoms with Crippen molar-refractivity contribution in [1.29, 1.82) is 0 Å². The van der Waals surface area contributed by atoms with E-state index in [1.807, 2.05) is 20.8 Å². The summed E-state index contributed by atoms with van der Waals surface area (Å²) in [7, 11) is 3.13. The third kappa shape index (κ3) is 2.29. The van der Waals surface area contributed by atoms with E-state index in [4.69, 9.17) is 9.47 Å². The first kappa shape index (κ1) is 14.2. The fourth-order valence-corrected chi connectivity index (χ4v) is 2.19. The molecule has 0 saturated carbocycles. The molecule has 0 atom stereocenters. The summed E-state index contributed by atoms with van der Waals surface area (Å²) in [5, 5.41) is 0. The van der Waals surface area contributed by atoms with Crippen molar-refractivity contribution in [3.63, 3.8) is 0 Å². The van der Waals surface area contributed by atoms with Crippen LogP contribution in [0.2, 0.25) is 0 Å². The second-order valence-corrected chi connectivity index (χ2v) is 4.77. The van der Waals surface area contributed by atoms with Crippen LogP contribution in [0.25, 0.3) is 0 Å². The van der Waals surface area contributed by atoms with E-state index in [2.05, 4.69) is 4.98 Å². The van der Waals surface area contributed by atoms with E-state index in [1.165, 1.54) is 0 Å². The molecular formula is C16H19NO3. The smallest absolute Gasteiger partial charge is 0.213 e. The third-order valence-corrected chi connectivity index (χ3v) is 3.69. The molecule has 1 aromatic heterocycles. The lowest BCUT2D eigenvalue weighted by Crippen LogP contribution is -2.06. The molecule has 106 valence electrons. The van der Waals surface area contributed by atoms with Crippen LogP contribution in [0.3, 0.4) is 0 Å². The quantitative estimate of drug-likeness (QED) is 0.870. The largest absolute Gasteiger partial charge is 0.497 e. The van der Waals surface area contributed by atoms with Gasteiger partial charge in [0.1, 0.15) is 11.5 Å². The molecule has 4 nitrogen and oxygen atoms in total. The van der Waals surface area contributed by atoms with Gasteiger partial charge in [0.2, 0.25) is 5.78 Å². The van der Waals surface area contributed by atoms with Gasteiger partial charge in [0.25, 0.3) is 0 Å². The predicted octanol–water partition coefficient (Wildman–Crippen LogP) is 3.19. The monoisotopic (exact) mass is 273 g/mol. The van der Waals surface area contributed by atoms with Gasteiger partial charge in [0.05, 0.1) is 25.5 Å². The summed E-state index contributed by atoms with van der Waals surface area (Å²) >= 11 is 0. The minimum Gasteiger partial charge on any atom is -0.497 e. The highest BCUT2D eigenvalue weighted by atomic mass is 16.5. The van der Waals surface area contributed by atoms with Crippen LogP contribution < -0.4 is 9.47 Å². The van der Waals surface area contributed by atoms with Crippen molar-refractivity contribution < 1.29 is 14.3 Å². The molecule has 0 spiro atoms. The average Bonchev–Trinajstić information content (AvgIpc) is 2.73. The van der Waals surface area contributed by atoms with Gasteiger partial charge in [-0.2, -0.15) is 0 Å². The number of carbonyl (C=O) groups excluding carboxylic acids is 1. The number of aromatic amines is 1. The van der Waals surface area contributed by atoms with Crippen LogP contribution in [0.15, 0.2) is 18.2 Å². The predicted molar refractivity (Wildman–Crippen MR) is 78.0 cm³/mol. The summed E-state index contributed by atoms with van der Waals surface area (Å²) in [6.45, 7) is 5.91. The first-order valence-corrected chi connectivity index (χ1v) is 6.42. The molecule has 0 aliphatic heterocycles. The number of hydrogen-bond acceptors (Lipinski definition) is 3. The summed E-state index contributed by atoms with van der Waals surface area (Å²) in [5.74, 6) is 1.10. The van der Waals surface area contributed by atoms with Crippen LogP contribution in [0, 0.1) is 20.8 Å². The van der Waals surface area contributed by atoms with Crippen LogP contribution in [-0.2, 0) is 0 Å². The van der Waals surface area contributed by atoms with Gasteiger partial charge in [-0.1, -0.05) is 0 Å². The highest BCUT2D eigenvalue weighted by Gasteiger charge is 2.20. The Kier molecular flexibility index (Phi) is 3.84. The highest BCUT2D eigenvalue weighted by molar-refractivity contribution is 6.10. The molecule has 1 heterocycles. The Bertz CT molecular complexity index is 656. The normalized spacial score (nSPS) is 10.4. The van der Waals surface area contributed by atoms with Crippen molar-refractivity contribution >= 4 is 5.78 Å². The Morgan fingerprint density at radius 3 is 2.25 bits per heavy atom. The van der Waals surface area contributed by atoms with Gasteiger partial charge in [-0.25, -0.2) is 0 Å². The van der Waals surface area contributed by atoms with Gasteiger partial charge in [-0.15, -0.1) is 0 Å². The summed E-state index contributed by atoms with van der Waals surface area (Å²) in [5.41, 5.74) is 4.24. The number of ketones is 1. The third-order valence-electron chi connectivity index (χ3n) is 3.69. The van der Waals surface area contributed by atoms with E-state index in [0.717, 1.165) is 16.8 Å². The van der Waals surface area contributed by atoms with E-state index in [1.54, 1.807) is 32.4 Å². The zero-order chi connectivity index (χ0) is 14.9. The van der Waals surface area contributed by atoms with E-state index in [0.29, 0.717) is 22.8 Å². The van der Waals surface area contributed by atoms with Gasteiger partial charge in [-0.05, 0) is 44.0 Å². The van der Waals surface area contributed by atoms with Crippen molar-refractivity contribution in [3.8, 4) is 11.5 Å². The number of aryl methyl sites for hydroxylation is 1.